The van der Waals surface area contributed by atoms with Gasteiger partial charge in [0.25, 0.3) is 5.56 Å². The van der Waals surface area contributed by atoms with Crippen LogP contribution in [-0.4, -0.2) is 31.0 Å². The lowest BCUT2D eigenvalue weighted by Crippen LogP contribution is -2.23. The Morgan fingerprint density at radius 1 is 1.00 bits per heavy atom. The average molecular weight is 337 g/mol. The molecule has 3 aromatic rings. The van der Waals surface area contributed by atoms with E-state index in [2.05, 4.69) is 33.7 Å². The first-order valence-corrected chi connectivity index (χ1v) is 8.18. The molecular weight excluding hydrogens is 318 g/mol. The predicted molar refractivity (Wildman–Crippen MR) is 96.3 cm³/mol. The van der Waals surface area contributed by atoms with Crippen LogP contribution in [0.1, 0.15) is 11.1 Å². The van der Waals surface area contributed by atoms with Gasteiger partial charge in [0.15, 0.2) is 11.5 Å². The molecule has 25 heavy (non-hydrogen) atoms. The minimum Gasteiger partial charge on any atom is -0.493 e. The molecule has 0 atom stereocenters. The lowest BCUT2D eigenvalue weighted by molar-refractivity contribution is 0.356. The van der Waals surface area contributed by atoms with Gasteiger partial charge in [0.1, 0.15) is 0 Å². The number of fused-ring (bicyclic) bond motifs is 2. The number of ether oxygens (including phenoxy) is 2. The Labute approximate surface area is 144 Å². The summed E-state index contributed by atoms with van der Waals surface area (Å²) >= 11 is 0. The molecule has 0 aliphatic carbocycles. The Morgan fingerprint density at radius 3 is 2.52 bits per heavy atom. The Kier molecular flexibility index (Phi) is 3.89. The lowest BCUT2D eigenvalue weighted by atomic mass is 9.96. The second-order valence-corrected chi connectivity index (χ2v) is 6.06. The Balaban J connectivity index is 1.96. The second-order valence-electron chi connectivity index (χ2n) is 6.06. The molecule has 128 valence electrons. The summed E-state index contributed by atoms with van der Waals surface area (Å²) in [6.07, 6.45) is 1.03. The quantitative estimate of drug-likeness (QED) is 0.767. The molecule has 4 rings (SSSR count). The van der Waals surface area contributed by atoms with Crippen LogP contribution in [0.25, 0.3) is 22.0 Å². The van der Waals surface area contributed by atoms with Crippen molar-refractivity contribution in [2.24, 2.45) is 0 Å². The van der Waals surface area contributed by atoms with Crippen molar-refractivity contribution < 1.29 is 9.47 Å². The largest absolute Gasteiger partial charge is 0.493 e. The molecule has 1 aliphatic heterocycles. The monoisotopic (exact) mass is 337 g/mol. The summed E-state index contributed by atoms with van der Waals surface area (Å²) < 4.78 is 10.7. The van der Waals surface area contributed by atoms with E-state index in [1.807, 2.05) is 6.07 Å². The second kappa shape index (κ2) is 6.22. The van der Waals surface area contributed by atoms with Crippen LogP contribution in [0.2, 0.25) is 0 Å². The highest BCUT2D eigenvalue weighted by Crippen LogP contribution is 2.35. The third kappa shape index (κ3) is 2.64. The maximum atomic E-state index is 12.2. The van der Waals surface area contributed by atoms with Gasteiger partial charge in [0.05, 0.1) is 25.3 Å². The summed E-state index contributed by atoms with van der Waals surface area (Å²) in [7, 11) is 3.13. The van der Waals surface area contributed by atoms with Gasteiger partial charge in [0.2, 0.25) is 0 Å². The molecule has 2 aromatic carbocycles. The van der Waals surface area contributed by atoms with E-state index in [0.29, 0.717) is 16.9 Å². The SMILES string of the molecule is COc1cc2c(-c3ccc4c(c3)CNCC4)n[nH]c(=O)c2cc1OC. The number of benzene rings is 2. The highest BCUT2D eigenvalue weighted by atomic mass is 16.5. The molecule has 0 saturated heterocycles. The third-order valence-electron chi connectivity index (χ3n) is 4.66. The molecule has 0 saturated carbocycles. The fourth-order valence-electron chi connectivity index (χ4n) is 3.34. The zero-order chi connectivity index (χ0) is 17.4. The summed E-state index contributed by atoms with van der Waals surface area (Å²) in [4.78, 5) is 12.2. The van der Waals surface area contributed by atoms with Crippen molar-refractivity contribution >= 4 is 10.8 Å². The van der Waals surface area contributed by atoms with Crippen molar-refractivity contribution in [3.63, 3.8) is 0 Å². The molecule has 6 heteroatoms. The van der Waals surface area contributed by atoms with E-state index in [0.717, 1.165) is 36.2 Å². The molecule has 1 aliphatic rings. The van der Waals surface area contributed by atoms with Gasteiger partial charge in [0, 0.05) is 17.5 Å². The van der Waals surface area contributed by atoms with E-state index in [1.165, 1.54) is 11.1 Å². The number of nitrogens with zero attached hydrogens (tertiary/aromatic N) is 1. The summed E-state index contributed by atoms with van der Waals surface area (Å²) in [6.45, 7) is 1.85. The van der Waals surface area contributed by atoms with Crippen molar-refractivity contribution in [1.82, 2.24) is 15.5 Å². The van der Waals surface area contributed by atoms with Gasteiger partial charge in [-0.2, -0.15) is 5.10 Å². The number of aromatic amines is 1. The molecule has 6 nitrogen and oxygen atoms in total. The van der Waals surface area contributed by atoms with Crippen molar-refractivity contribution in [1.29, 1.82) is 0 Å². The average Bonchev–Trinajstić information content (AvgIpc) is 2.67. The van der Waals surface area contributed by atoms with Gasteiger partial charge in [-0.25, -0.2) is 5.10 Å². The van der Waals surface area contributed by atoms with Crippen LogP contribution in [0.15, 0.2) is 35.1 Å². The van der Waals surface area contributed by atoms with Gasteiger partial charge in [-0.1, -0.05) is 12.1 Å². The molecule has 0 unspecified atom stereocenters. The Bertz CT molecular complexity index is 1010. The van der Waals surface area contributed by atoms with E-state index < -0.39 is 0 Å². The van der Waals surface area contributed by atoms with E-state index in [-0.39, 0.29) is 5.56 Å². The third-order valence-corrected chi connectivity index (χ3v) is 4.66. The Morgan fingerprint density at radius 2 is 1.76 bits per heavy atom. The van der Waals surface area contributed by atoms with Gasteiger partial charge in [-0.3, -0.25) is 4.79 Å². The van der Waals surface area contributed by atoms with Crippen LogP contribution in [-0.2, 0) is 13.0 Å². The number of H-pyrrole nitrogens is 1. The number of aromatic nitrogens is 2. The number of hydrogen-bond donors (Lipinski definition) is 2. The molecular formula is C19H19N3O3. The van der Waals surface area contributed by atoms with Crippen LogP contribution in [0.3, 0.4) is 0 Å². The molecule has 0 fully saturated rings. The van der Waals surface area contributed by atoms with Gasteiger partial charge < -0.3 is 14.8 Å². The first kappa shape index (κ1) is 15.7. The van der Waals surface area contributed by atoms with Gasteiger partial charge in [-0.15, -0.1) is 0 Å². The fraction of sp³-hybridized carbons (Fsp3) is 0.263. The molecule has 0 bridgehead atoms. The maximum absolute atomic E-state index is 12.2. The van der Waals surface area contributed by atoms with Crippen LogP contribution in [0.5, 0.6) is 11.5 Å². The highest BCUT2D eigenvalue weighted by Gasteiger charge is 2.16. The highest BCUT2D eigenvalue weighted by molar-refractivity contribution is 5.96. The van der Waals surface area contributed by atoms with Crippen LogP contribution in [0.4, 0.5) is 0 Å². The van der Waals surface area contributed by atoms with Crippen molar-refractivity contribution in [3.05, 3.63) is 51.8 Å². The topological polar surface area (TPSA) is 76.2 Å². The molecule has 0 spiro atoms. The lowest BCUT2D eigenvalue weighted by Gasteiger charge is -2.18. The van der Waals surface area contributed by atoms with Crippen LogP contribution in [0, 0.1) is 0 Å². The number of nitrogens with one attached hydrogen (secondary N) is 2. The smallest absolute Gasteiger partial charge is 0.272 e. The number of methoxy groups -OCH3 is 2. The summed E-state index contributed by atoms with van der Waals surface area (Å²) in [5.74, 6) is 1.09. The van der Waals surface area contributed by atoms with E-state index in [1.54, 1.807) is 20.3 Å². The predicted octanol–water partition coefficient (Wildman–Crippen LogP) is 2.25. The van der Waals surface area contributed by atoms with E-state index in [9.17, 15) is 4.79 Å². The standard InChI is InChI=1S/C19H19N3O3/c1-24-16-8-14-15(9-17(16)25-2)19(23)22-21-18(14)12-4-3-11-5-6-20-10-13(11)7-12/h3-4,7-9,20H,5-6,10H2,1-2H3,(H,22,23). The number of hydrogen-bond acceptors (Lipinski definition) is 5. The summed E-state index contributed by atoms with van der Waals surface area (Å²) in [6, 6.07) is 9.84. The van der Waals surface area contributed by atoms with Gasteiger partial charge in [-0.05, 0) is 42.3 Å². The minimum atomic E-state index is -0.251. The summed E-state index contributed by atoms with van der Waals surface area (Å²) in [5, 5.41) is 11.5. The normalized spacial score (nSPS) is 13.5. The van der Waals surface area contributed by atoms with Crippen LogP contribution < -0.4 is 20.3 Å². The molecule has 2 heterocycles. The molecule has 2 N–H and O–H groups in total. The number of rotatable bonds is 3. The molecule has 0 amide bonds. The molecule has 1 aromatic heterocycles. The first-order valence-electron chi connectivity index (χ1n) is 8.18. The van der Waals surface area contributed by atoms with Gasteiger partial charge >= 0.3 is 0 Å². The molecule has 0 radical (unpaired) electrons. The fourth-order valence-corrected chi connectivity index (χ4v) is 3.34. The summed E-state index contributed by atoms with van der Waals surface area (Å²) in [5.41, 5.74) is 4.07. The van der Waals surface area contributed by atoms with Crippen molar-refractivity contribution in [3.8, 4) is 22.8 Å². The van der Waals surface area contributed by atoms with Crippen molar-refractivity contribution in [2.45, 2.75) is 13.0 Å². The Hall–Kier alpha value is -2.86. The zero-order valence-electron chi connectivity index (χ0n) is 14.2. The van der Waals surface area contributed by atoms with E-state index in [4.69, 9.17) is 9.47 Å². The van der Waals surface area contributed by atoms with Crippen molar-refractivity contribution in [2.75, 3.05) is 20.8 Å². The van der Waals surface area contributed by atoms with E-state index >= 15 is 0 Å². The first-order chi connectivity index (χ1) is 12.2. The van der Waals surface area contributed by atoms with Crippen LogP contribution >= 0.6 is 0 Å². The zero-order valence-corrected chi connectivity index (χ0v) is 14.2. The minimum absolute atomic E-state index is 0.251. The maximum Gasteiger partial charge on any atom is 0.272 e.